The van der Waals surface area contributed by atoms with Crippen LogP contribution < -0.4 is 25.2 Å². The van der Waals surface area contributed by atoms with Gasteiger partial charge in [-0.3, -0.25) is 15.0 Å². The van der Waals surface area contributed by atoms with E-state index in [-0.39, 0.29) is 16.6 Å². The van der Waals surface area contributed by atoms with Gasteiger partial charge in [0.1, 0.15) is 5.75 Å². The molecule has 0 bridgehead atoms. The molecule has 0 saturated carbocycles. The topological polar surface area (TPSA) is 117 Å². The Bertz CT molecular complexity index is 1000. The second-order valence-corrected chi connectivity index (χ2v) is 8.00. The van der Waals surface area contributed by atoms with Crippen LogP contribution in [0.5, 0.6) is 5.75 Å². The summed E-state index contributed by atoms with van der Waals surface area (Å²) in [5.41, 5.74) is 3.82. The Balaban J connectivity index is 2.10. The van der Waals surface area contributed by atoms with Gasteiger partial charge in [-0.15, -0.1) is 4.83 Å². The summed E-state index contributed by atoms with van der Waals surface area (Å²) in [6.45, 7) is 7.08. The van der Waals surface area contributed by atoms with E-state index in [1.807, 2.05) is 26.0 Å². The molecule has 2 amide bonds. The lowest BCUT2D eigenvalue weighted by atomic mass is 10.2. The molecule has 30 heavy (non-hydrogen) atoms. The molecule has 0 radical (unpaired) electrons. The van der Waals surface area contributed by atoms with Crippen molar-refractivity contribution >= 4 is 33.2 Å². The van der Waals surface area contributed by atoms with Crippen LogP contribution in [0.2, 0.25) is 0 Å². The van der Waals surface area contributed by atoms with Gasteiger partial charge in [-0.25, -0.2) is 8.42 Å². The SMILES string of the molecule is CCN(CC)c1ccc(C(=O)NNS(=O)(=O)c2ccc(NC(C)=O)c(OC)c2)cc1. The zero-order valence-corrected chi connectivity index (χ0v) is 18.2. The lowest BCUT2D eigenvalue weighted by Crippen LogP contribution is -2.41. The monoisotopic (exact) mass is 434 g/mol. The highest BCUT2D eigenvalue weighted by atomic mass is 32.2. The Kier molecular flexibility index (Phi) is 7.79. The summed E-state index contributed by atoms with van der Waals surface area (Å²) in [6, 6.07) is 10.8. The summed E-state index contributed by atoms with van der Waals surface area (Å²) in [5.74, 6) is -0.737. The van der Waals surface area contributed by atoms with Gasteiger partial charge in [-0.05, 0) is 50.2 Å². The molecule has 2 rings (SSSR count). The maximum Gasteiger partial charge on any atom is 0.266 e. The van der Waals surface area contributed by atoms with E-state index in [2.05, 4.69) is 20.5 Å². The van der Waals surface area contributed by atoms with Crippen molar-refractivity contribution in [3.63, 3.8) is 0 Å². The van der Waals surface area contributed by atoms with Crippen molar-refractivity contribution in [3.05, 3.63) is 48.0 Å². The minimum absolute atomic E-state index is 0.134. The molecule has 9 nitrogen and oxygen atoms in total. The fourth-order valence-electron chi connectivity index (χ4n) is 2.79. The molecular weight excluding hydrogens is 408 g/mol. The van der Waals surface area contributed by atoms with Gasteiger partial charge in [-0.1, -0.05) is 0 Å². The number of rotatable bonds is 9. The van der Waals surface area contributed by atoms with E-state index in [1.54, 1.807) is 12.1 Å². The molecular formula is C20H26N4O5S. The first-order chi connectivity index (χ1) is 14.2. The van der Waals surface area contributed by atoms with E-state index < -0.39 is 15.9 Å². The van der Waals surface area contributed by atoms with E-state index in [9.17, 15) is 18.0 Å². The number of ether oxygens (including phenoxy) is 1. The third-order valence-electron chi connectivity index (χ3n) is 4.35. The van der Waals surface area contributed by atoms with Gasteiger partial charge in [0.05, 0.1) is 17.7 Å². The number of carbonyl (C=O) groups is 2. The van der Waals surface area contributed by atoms with Crippen LogP contribution in [-0.2, 0) is 14.8 Å². The molecule has 0 aliphatic heterocycles. The predicted octanol–water partition coefficient (Wildman–Crippen LogP) is 2.12. The Labute approximate surface area is 176 Å². The number of sulfonamides is 1. The zero-order valence-electron chi connectivity index (χ0n) is 17.4. The molecule has 0 heterocycles. The fraction of sp³-hybridized carbons (Fsp3) is 0.300. The Morgan fingerprint density at radius 3 is 2.20 bits per heavy atom. The van der Waals surface area contributed by atoms with Crippen molar-refractivity contribution in [1.29, 1.82) is 0 Å². The van der Waals surface area contributed by atoms with Crippen LogP contribution in [0.1, 0.15) is 31.1 Å². The normalized spacial score (nSPS) is 10.9. The van der Waals surface area contributed by atoms with Gasteiger partial charge in [0.2, 0.25) is 5.91 Å². The van der Waals surface area contributed by atoms with E-state index in [1.165, 1.54) is 32.2 Å². The molecule has 0 saturated heterocycles. The smallest absolute Gasteiger partial charge is 0.266 e. The second-order valence-electron chi connectivity index (χ2n) is 6.32. The molecule has 3 N–H and O–H groups in total. The van der Waals surface area contributed by atoms with Gasteiger partial charge >= 0.3 is 0 Å². The van der Waals surface area contributed by atoms with Gasteiger partial charge < -0.3 is 15.0 Å². The van der Waals surface area contributed by atoms with Gasteiger partial charge in [0.15, 0.2) is 0 Å². The third kappa shape index (κ3) is 5.71. The number of methoxy groups -OCH3 is 1. The molecule has 0 atom stereocenters. The van der Waals surface area contributed by atoms with E-state index in [4.69, 9.17) is 4.74 Å². The number of hydrogen-bond acceptors (Lipinski definition) is 6. The Morgan fingerprint density at radius 2 is 1.67 bits per heavy atom. The largest absolute Gasteiger partial charge is 0.495 e. The molecule has 2 aromatic carbocycles. The lowest BCUT2D eigenvalue weighted by Gasteiger charge is -2.21. The van der Waals surface area contributed by atoms with Crippen molar-refractivity contribution < 1.29 is 22.7 Å². The molecule has 10 heteroatoms. The van der Waals surface area contributed by atoms with Crippen LogP contribution in [0.25, 0.3) is 0 Å². The minimum Gasteiger partial charge on any atom is -0.495 e. The quantitative estimate of drug-likeness (QED) is 0.521. The number of anilines is 2. The van der Waals surface area contributed by atoms with Crippen molar-refractivity contribution in [2.75, 3.05) is 30.4 Å². The molecule has 0 aliphatic rings. The van der Waals surface area contributed by atoms with Crippen LogP contribution in [0, 0.1) is 0 Å². The summed E-state index contributed by atoms with van der Waals surface area (Å²) >= 11 is 0. The molecule has 0 aromatic heterocycles. The fourth-order valence-corrected chi connectivity index (χ4v) is 3.64. The Hall–Kier alpha value is -3.11. The van der Waals surface area contributed by atoms with Crippen LogP contribution in [-0.4, -0.2) is 40.4 Å². The van der Waals surface area contributed by atoms with E-state index in [0.29, 0.717) is 11.3 Å². The Morgan fingerprint density at radius 1 is 1.03 bits per heavy atom. The number of hydrazine groups is 1. The highest BCUT2D eigenvalue weighted by Gasteiger charge is 2.18. The van der Waals surface area contributed by atoms with Gasteiger partial charge in [0.25, 0.3) is 15.9 Å². The minimum atomic E-state index is -4.05. The first kappa shape index (κ1) is 23.2. The molecule has 0 unspecified atom stereocenters. The highest BCUT2D eigenvalue weighted by molar-refractivity contribution is 7.89. The standard InChI is InChI=1S/C20H26N4O5S/c1-5-24(6-2)16-9-7-15(8-10-16)20(26)22-23-30(27,28)17-11-12-18(21-14(3)25)19(13-17)29-4/h7-13,23H,5-6H2,1-4H3,(H,21,25)(H,22,26). The number of nitrogens with zero attached hydrogens (tertiary/aromatic N) is 1. The third-order valence-corrected chi connectivity index (χ3v) is 5.60. The number of amides is 2. The summed E-state index contributed by atoms with van der Waals surface area (Å²) in [7, 11) is -2.70. The predicted molar refractivity (Wildman–Crippen MR) is 115 cm³/mol. The van der Waals surface area contributed by atoms with Crippen molar-refractivity contribution in [2.45, 2.75) is 25.7 Å². The maximum absolute atomic E-state index is 12.5. The van der Waals surface area contributed by atoms with E-state index in [0.717, 1.165) is 18.8 Å². The second kappa shape index (κ2) is 10.1. The first-order valence-corrected chi connectivity index (χ1v) is 10.8. The molecule has 0 spiro atoms. The summed E-state index contributed by atoms with van der Waals surface area (Å²) in [6.07, 6.45) is 0. The summed E-state index contributed by atoms with van der Waals surface area (Å²) < 4.78 is 30.2. The first-order valence-electron chi connectivity index (χ1n) is 9.34. The number of nitrogens with one attached hydrogen (secondary N) is 3. The van der Waals surface area contributed by atoms with E-state index >= 15 is 0 Å². The van der Waals surface area contributed by atoms with Crippen molar-refractivity contribution in [3.8, 4) is 5.75 Å². The highest BCUT2D eigenvalue weighted by Crippen LogP contribution is 2.27. The summed E-state index contributed by atoms with van der Waals surface area (Å²) in [4.78, 5) is 27.6. The van der Waals surface area contributed by atoms with Crippen LogP contribution in [0.4, 0.5) is 11.4 Å². The number of benzene rings is 2. The molecule has 162 valence electrons. The lowest BCUT2D eigenvalue weighted by molar-refractivity contribution is -0.114. The molecule has 0 fully saturated rings. The van der Waals surface area contributed by atoms with Crippen molar-refractivity contribution in [1.82, 2.24) is 10.3 Å². The zero-order chi connectivity index (χ0) is 22.3. The maximum atomic E-state index is 12.5. The van der Waals surface area contributed by atoms with Gasteiger partial charge in [-0.2, -0.15) is 0 Å². The van der Waals surface area contributed by atoms with Crippen LogP contribution >= 0.6 is 0 Å². The van der Waals surface area contributed by atoms with Crippen LogP contribution in [0.3, 0.4) is 0 Å². The van der Waals surface area contributed by atoms with Gasteiger partial charge in [0, 0.05) is 37.3 Å². The average molecular weight is 435 g/mol. The number of carbonyl (C=O) groups excluding carboxylic acids is 2. The summed E-state index contributed by atoms with van der Waals surface area (Å²) in [5, 5.41) is 2.54. The van der Waals surface area contributed by atoms with Crippen LogP contribution in [0.15, 0.2) is 47.4 Å². The molecule has 2 aromatic rings. The molecule has 0 aliphatic carbocycles. The number of hydrogen-bond donors (Lipinski definition) is 3. The average Bonchev–Trinajstić information content (AvgIpc) is 2.73. The van der Waals surface area contributed by atoms with Crippen molar-refractivity contribution in [2.24, 2.45) is 0 Å².